The first kappa shape index (κ1) is 15.6. The SMILES string of the molecule is CC(C)(C)c1ccc2c(S(=O)(=O)O)ccc3c2c1C(=O)OC3=O. The molecule has 0 amide bonds. The summed E-state index contributed by atoms with van der Waals surface area (Å²) in [6.45, 7) is 5.67. The zero-order valence-electron chi connectivity index (χ0n) is 12.7. The maximum atomic E-state index is 12.3. The molecule has 0 aliphatic carbocycles. The van der Waals surface area contributed by atoms with Crippen molar-refractivity contribution in [2.75, 3.05) is 0 Å². The quantitative estimate of drug-likeness (QED) is 0.489. The van der Waals surface area contributed by atoms with E-state index >= 15 is 0 Å². The fraction of sp³-hybridized carbons (Fsp3) is 0.250. The average Bonchev–Trinajstić information content (AvgIpc) is 2.41. The van der Waals surface area contributed by atoms with E-state index < -0.39 is 27.5 Å². The molecule has 6 nitrogen and oxygen atoms in total. The third kappa shape index (κ3) is 2.32. The topological polar surface area (TPSA) is 97.7 Å². The van der Waals surface area contributed by atoms with E-state index in [-0.39, 0.29) is 26.8 Å². The number of rotatable bonds is 1. The summed E-state index contributed by atoms with van der Waals surface area (Å²) in [6.07, 6.45) is 0. The van der Waals surface area contributed by atoms with Gasteiger partial charge in [-0.2, -0.15) is 8.42 Å². The van der Waals surface area contributed by atoms with Crippen molar-refractivity contribution in [2.45, 2.75) is 31.1 Å². The van der Waals surface area contributed by atoms with Gasteiger partial charge < -0.3 is 4.74 Å². The minimum atomic E-state index is -4.49. The maximum Gasteiger partial charge on any atom is 0.346 e. The number of carbonyl (C=O) groups is 2. The molecule has 7 heteroatoms. The van der Waals surface area contributed by atoms with Gasteiger partial charge >= 0.3 is 11.9 Å². The molecule has 120 valence electrons. The molecule has 1 heterocycles. The van der Waals surface area contributed by atoms with Crippen molar-refractivity contribution in [1.29, 1.82) is 0 Å². The number of hydrogen-bond acceptors (Lipinski definition) is 5. The Hall–Kier alpha value is -2.25. The number of cyclic esters (lactones) is 2. The summed E-state index contributed by atoms with van der Waals surface area (Å²) in [6, 6.07) is 5.49. The zero-order chi connectivity index (χ0) is 17.2. The minimum Gasteiger partial charge on any atom is -0.386 e. The molecular formula is C16H14O6S. The predicted octanol–water partition coefficient (Wildman–Crippen LogP) is 2.69. The van der Waals surface area contributed by atoms with Crippen LogP contribution < -0.4 is 0 Å². The van der Waals surface area contributed by atoms with Gasteiger partial charge in [-0.1, -0.05) is 32.9 Å². The van der Waals surface area contributed by atoms with E-state index in [1.165, 1.54) is 12.1 Å². The highest BCUT2D eigenvalue weighted by molar-refractivity contribution is 7.86. The van der Waals surface area contributed by atoms with Gasteiger partial charge in [-0.25, -0.2) is 9.59 Å². The Balaban J connectivity index is 2.58. The fourth-order valence-corrected chi connectivity index (χ4v) is 3.53. The molecule has 0 unspecified atom stereocenters. The molecule has 1 N–H and O–H groups in total. The Kier molecular flexibility index (Phi) is 3.14. The highest BCUT2D eigenvalue weighted by Gasteiger charge is 2.34. The lowest BCUT2D eigenvalue weighted by Gasteiger charge is -2.26. The van der Waals surface area contributed by atoms with E-state index in [4.69, 9.17) is 4.74 Å². The van der Waals surface area contributed by atoms with Gasteiger partial charge in [-0.05, 0) is 23.1 Å². The normalized spacial score (nSPS) is 15.0. The Morgan fingerprint density at radius 2 is 1.65 bits per heavy atom. The van der Waals surface area contributed by atoms with Gasteiger partial charge in [0.2, 0.25) is 0 Å². The van der Waals surface area contributed by atoms with Gasteiger partial charge in [0.25, 0.3) is 10.1 Å². The first-order chi connectivity index (χ1) is 10.5. The van der Waals surface area contributed by atoms with Crippen molar-refractivity contribution in [3.05, 3.63) is 41.0 Å². The van der Waals surface area contributed by atoms with Crippen molar-refractivity contribution in [2.24, 2.45) is 0 Å². The number of hydrogen-bond donors (Lipinski definition) is 1. The lowest BCUT2D eigenvalue weighted by atomic mass is 9.80. The van der Waals surface area contributed by atoms with Gasteiger partial charge in [0.15, 0.2) is 0 Å². The number of esters is 2. The molecule has 0 bridgehead atoms. The van der Waals surface area contributed by atoms with Gasteiger partial charge in [-0.3, -0.25) is 4.55 Å². The summed E-state index contributed by atoms with van der Waals surface area (Å²) in [5, 5.41) is 0.326. The van der Waals surface area contributed by atoms with Crippen LogP contribution in [0.4, 0.5) is 0 Å². The molecule has 0 fully saturated rings. The lowest BCUT2D eigenvalue weighted by molar-refractivity contribution is 0.0389. The van der Waals surface area contributed by atoms with E-state index in [1.54, 1.807) is 6.07 Å². The summed E-state index contributed by atoms with van der Waals surface area (Å²) in [7, 11) is -4.49. The van der Waals surface area contributed by atoms with Crippen LogP contribution in [0, 0.1) is 0 Å². The lowest BCUT2D eigenvalue weighted by Crippen LogP contribution is -2.25. The number of ether oxygens (including phenoxy) is 1. The molecule has 0 aromatic heterocycles. The van der Waals surface area contributed by atoms with Gasteiger partial charge in [-0.15, -0.1) is 0 Å². The van der Waals surface area contributed by atoms with Crippen LogP contribution in [-0.4, -0.2) is 24.9 Å². The molecule has 2 aromatic carbocycles. The summed E-state index contributed by atoms with van der Waals surface area (Å²) in [5.74, 6) is -1.65. The molecule has 0 saturated heterocycles. The van der Waals surface area contributed by atoms with Gasteiger partial charge in [0.05, 0.1) is 11.1 Å². The van der Waals surface area contributed by atoms with Crippen LogP contribution in [0.25, 0.3) is 10.8 Å². The van der Waals surface area contributed by atoms with Crippen molar-refractivity contribution in [3.63, 3.8) is 0 Å². The number of benzene rings is 2. The molecular weight excluding hydrogens is 320 g/mol. The Morgan fingerprint density at radius 1 is 1.00 bits per heavy atom. The Bertz CT molecular complexity index is 980. The van der Waals surface area contributed by atoms with Crippen molar-refractivity contribution < 1.29 is 27.3 Å². The molecule has 1 aliphatic heterocycles. The van der Waals surface area contributed by atoms with E-state index in [1.807, 2.05) is 20.8 Å². The van der Waals surface area contributed by atoms with Crippen molar-refractivity contribution >= 4 is 32.8 Å². The predicted molar refractivity (Wildman–Crippen MR) is 82.2 cm³/mol. The van der Waals surface area contributed by atoms with Crippen LogP contribution in [0.2, 0.25) is 0 Å². The third-order valence-corrected chi connectivity index (χ3v) is 4.75. The summed E-state index contributed by atoms with van der Waals surface area (Å²) in [5.41, 5.74) is 0.480. The molecule has 0 spiro atoms. The standard InChI is InChI=1S/C16H14O6S/c1-16(2,3)10-6-4-8-11(23(19,20)21)7-5-9-12(8)13(10)15(18)22-14(9)17/h4-7H,1-3H3,(H,19,20,21). The molecule has 0 saturated carbocycles. The molecule has 3 rings (SSSR count). The van der Waals surface area contributed by atoms with Crippen LogP contribution in [0.15, 0.2) is 29.2 Å². The number of carbonyl (C=O) groups excluding carboxylic acids is 2. The molecule has 1 aliphatic rings. The summed E-state index contributed by atoms with van der Waals surface area (Å²) < 4.78 is 37.3. The second kappa shape index (κ2) is 4.62. The summed E-state index contributed by atoms with van der Waals surface area (Å²) in [4.78, 5) is 23.9. The van der Waals surface area contributed by atoms with E-state index in [9.17, 15) is 22.6 Å². The zero-order valence-corrected chi connectivity index (χ0v) is 13.5. The van der Waals surface area contributed by atoms with Crippen molar-refractivity contribution in [3.8, 4) is 0 Å². The fourth-order valence-electron chi connectivity index (χ4n) is 2.84. The first-order valence-electron chi connectivity index (χ1n) is 6.86. The van der Waals surface area contributed by atoms with Crippen LogP contribution >= 0.6 is 0 Å². The van der Waals surface area contributed by atoms with Crippen molar-refractivity contribution in [1.82, 2.24) is 0 Å². The molecule has 0 atom stereocenters. The van der Waals surface area contributed by atoms with Crippen LogP contribution in [0.1, 0.15) is 47.1 Å². The third-order valence-electron chi connectivity index (χ3n) is 3.84. The molecule has 2 aromatic rings. The Labute approximate surface area is 132 Å². The maximum absolute atomic E-state index is 12.3. The van der Waals surface area contributed by atoms with Gasteiger partial charge in [0.1, 0.15) is 4.90 Å². The minimum absolute atomic E-state index is 0.105. The smallest absolute Gasteiger partial charge is 0.346 e. The van der Waals surface area contributed by atoms with E-state index in [0.29, 0.717) is 5.56 Å². The summed E-state index contributed by atoms with van der Waals surface area (Å²) >= 11 is 0. The monoisotopic (exact) mass is 334 g/mol. The first-order valence-corrected chi connectivity index (χ1v) is 8.30. The Morgan fingerprint density at radius 3 is 2.22 bits per heavy atom. The highest BCUT2D eigenvalue weighted by Crippen LogP contribution is 2.38. The van der Waals surface area contributed by atoms with Crippen LogP contribution in [0.3, 0.4) is 0 Å². The van der Waals surface area contributed by atoms with Gasteiger partial charge in [0, 0.05) is 10.8 Å². The molecule has 0 radical (unpaired) electrons. The van der Waals surface area contributed by atoms with E-state index in [0.717, 1.165) is 6.07 Å². The van der Waals surface area contributed by atoms with Crippen LogP contribution in [-0.2, 0) is 20.3 Å². The average molecular weight is 334 g/mol. The van der Waals surface area contributed by atoms with Crippen LogP contribution in [0.5, 0.6) is 0 Å². The highest BCUT2D eigenvalue weighted by atomic mass is 32.2. The largest absolute Gasteiger partial charge is 0.386 e. The second-order valence-corrected chi connectivity index (χ2v) is 7.81. The second-order valence-electron chi connectivity index (χ2n) is 6.42. The van der Waals surface area contributed by atoms with E-state index in [2.05, 4.69) is 0 Å². The molecule has 23 heavy (non-hydrogen) atoms.